The Morgan fingerprint density at radius 1 is 0.943 bits per heavy atom. The molecule has 1 rings (SSSR count). The molecule has 1 heterocycles. The number of imide groups is 1. The minimum absolute atomic E-state index is 0.0129. The zero-order valence-corrected chi connectivity index (χ0v) is 21.3. The molecule has 0 saturated carbocycles. The Labute approximate surface area is 205 Å². The summed E-state index contributed by atoms with van der Waals surface area (Å²) in [7, 11) is 0. The largest absolute Gasteiger partial charge is 0.411 e. The van der Waals surface area contributed by atoms with E-state index >= 15 is 0 Å². The Bertz CT molecular complexity index is 803. The lowest BCUT2D eigenvalue weighted by Crippen LogP contribution is -2.57. The molecular weight excluding hydrogens is 460 g/mol. The van der Waals surface area contributed by atoms with Crippen molar-refractivity contribution in [1.82, 2.24) is 21.0 Å². The van der Waals surface area contributed by atoms with Crippen molar-refractivity contribution >= 4 is 35.1 Å². The van der Waals surface area contributed by atoms with Gasteiger partial charge in [-0.15, -0.1) is 5.06 Å². The van der Waals surface area contributed by atoms with Crippen LogP contribution in [-0.2, 0) is 24.0 Å². The molecular formula is C22H38N6O7. The molecule has 0 aliphatic carbocycles. The molecule has 13 nitrogen and oxygen atoms in total. The normalized spacial score (nSPS) is 16.5. The molecule has 0 aromatic rings. The molecule has 0 spiro atoms. The van der Waals surface area contributed by atoms with Gasteiger partial charge in [0.15, 0.2) is 0 Å². The maximum atomic E-state index is 12.5. The number of carbonyl (C=O) groups is 4. The van der Waals surface area contributed by atoms with Crippen molar-refractivity contribution in [2.24, 2.45) is 10.3 Å². The zero-order valence-electron chi connectivity index (χ0n) is 21.3. The zero-order chi connectivity index (χ0) is 26.8. The molecule has 13 heteroatoms. The summed E-state index contributed by atoms with van der Waals surface area (Å²) < 4.78 is 0. The fourth-order valence-corrected chi connectivity index (χ4v) is 2.94. The number of nitrogens with zero attached hydrogens (tertiary/aromatic N) is 3. The highest BCUT2D eigenvalue weighted by Gasteiger charge is 2.33. The number of hydroxylamine groups is 2. The van der Waals surface area contributed by atoms with Crippen molar-refractivity contribution in [3.8, 4) is 0 Å². The lowest BCUT2D eigenvalue weighted by atomic mass is 9.98. The quantitative estimate of drug-likeness (QED) is 0.0995. The molecule has 1 fully saturated rings. The van der Waals surface area contributed by atoms with Gasteiger partial charge in [-0.05, 0) is 48.0 Å². The highest BCUT2D eigenvalue weighted by atomic mass is 16.7. The number of oxime groups is 2. The van der Waals surface area contributed by atoms with E-state index in [2.05, 4.69) is 26.3 Å². The molecule has 0 aromatic heterocycles. The van der Waals surface area contributed by atoms with Crippen LogP contribution in [0.4, 0.5) is 0 Å². The molecule has 1 aliphatic rings. The molecule has 5 N–H and O–H groups in total. The molecule has 198 valence electrons. The van der Waals surface area contributed by atoms with E-state index in [0.29, 0.717) is 29.6 Å². The second-order valence-corrected chi connectivity index (χ2v) is 9.55. The summed E-state index contributed by atoms with van der Waals surface area (Å²) in [6.45, 7) is 11.3. The first-order chi connectivity index (χ1) is 16.2. The summed E-state index contributed by atoms with van der Waals surface area (Å²) in [6.07, 6.45) is 0.0779. The molecule has 3 amide bonds. The van der Waals surface area contributed by atoms with Crippen molar-refractivity contribution in [2.75, 3.05) is 13.1 Å². The Kier molecular flexibility index (Phi) is 11.3. The van der Waals surface area contributed by atoms with Gasteiger partial charge in [0.1, 0.15) is 0 Å². The van der Waals surface area contributed by atoms with Gasteiger partial charge in [0.2, 0.25) is 5.91 Å². The topological polar surface area (TPSA) is 182 Å². The van der Waals surface area contributed by atoms with Crippen LogP contribution in [0.1, 0.15) is 73.6 Å². The number of rotatable bonds is 14. The Balaban J connectivity index is 2.65. The van der Waals surface area contributed by atoms with E-state index in [1.165, 1.54) is 0 Å². The number of amides is 3. The fraction of sp³-hybridized carbons (Fsp3) is 0.727. The first-order valence-electron chi connectivity index (χ1n) is 11.5. The highest BCUT2D eigenvalue weighted by molar-refractivity contribution is 6.01. The van der Waals surface area contributed by atoms with Crippen LogP contribution < -0.4 is 16.0 Å². The third-order valence-electron chi connectivity index (χ3n) is 6.04. The Hall–Kier alpha value is -3.06. The van der Waals surface area contributed by atoms with Crippen LogP contribution >= 0.6 is 0 Å². The van der Waals surface area contributed by atoms with Crippen LogP contribution in [0.3, 0.4) is 0 Å². The van der Waals surface area contributed by atoms with E-state index in [4.69, 9.17) is 15.3 Å². The van der Waals surface area contributed by atoms with Gasteiger partial charge in [0.05, 0.1) is 28.5 Å². The van der Waals surface area contributed by atoms with E-state index in [0.717, 1.165) is 0 Å². The number of nitrogens with one attached hydrogen (secondary N) is 3. The van der Waals surface area contributed by atoms with Gasteiger partial charge in [0.25, 0.3) is 11.8 Å². The summed E-state index contributed by atoms with van der Waals surface area (Å²) in [4.78, 5) is 52.3. The lowest BCUT2D eigenvalue weighted by molar-refractivity contribution is -0.197. The highest BCUT2D eigenvalue weighted by Crippen LogP contribution is 2.13. The molecule has 0 radical (unpaired) electrons. The van der Waals surface area contributed by atoms with Gasteiger partial charge in [-0.1, -0.05) is 10.3 Å². The standard InChI is InChI=1S/C22H38N6O7/c1-14(26-33)21(3,4)23-12-16(13-24-22(5,6)15(2)27-34)25-17(29)8-7-9-20(32)35-28-18(30)10-11-19(28)31/h16,23-24,33-34H,7-13H2,1-6H3,(H,25,29)/b26-14+,27-15+. The first kappa shape index (κ1) is 30.0. The molecule has 35 heavy (non-hydrogen) atoms. The molecule has 1 aliphatic heterocycles. The van der Waals surface area contributed by atoms with E-state index in [9.17, 15) is 19.2 Å². The van der Waals surface area contributed by atoms with Gasteiger partial charge in [-0.3, -0.25) is 14.4 Å². The first-order valence-corrected chi connectivity index (χ1v) is 11.5. The van der Waals surface area contributed by atoms with Crippen molar-refractivity contribution in [1.29, 1.82) is 0 Å². The summed E-state index contributed by atoms with van der Waals surface area (Å²) in [5.74, 6) is -2.19. The molecule has 0 aromatic carbocycles. The van der Waals surface area contributed by atoms with Crippen LogP contribution in [-0.4, -0.2) is 80.8 Å². The minimum atomic E-state index is -0.762. The summed E-state index contributed by atoms with van der Waals surface area (Å²) in [5, 5.41) is 34.5. The molecule has 0 bridgehead atoms. The van der Waals surface area contributed by atoms with Crippen LogP contribution in [0, 0.1) is 0 Å². The average Bonchev–Trinajstić information content (AvgIpc) is 3.11. The summed E-state index contributed by atoms with van der Waals surface area (Å²) in [5.41, 5.74) is -0.339. The molecule has 1 saturated heterocycles. The Morgan fingerprint density at radius 2 is 1.40 bits per heavy atom. The third kappa shape index (κ3) is 9.61. The van der Waals surface area contributed by atoms with Crippen LogP contribution in [0.2, 0.25) is 0 Å². The maximum absolute atomic E-state index is 12.5. The third-order valence-corrected chi connectivity index (χ3v) is 6.04. The number of carbonyl (C=O) groups excluding carboxylic acids is 4. The summed E-state index contributed by atoms with van der Waals surface area (Å²) in [6, 6.07) is -0.397. The second kappa shape index (κ2) is 13.1. The molecule has 0 unspecified atom stereocenters. The monoisotopic (exact) mass is 498 g/mol. The number of hydrogen-bond acceptors (Lipinski definition) is 11. The van der Waals surface area contributed by atoms with E-state index in [-0.39, 0.29) is 38.0 Å². The fourth-order valence-electron chi connectivity index (χ4n) is 2.94. The van der Waals surface area contributed by atoms with Crippen LogP contribution in [0.5, 0.6) is 0 Å². The number of hydrogen-bond donors (Lipinski definition) is 5. The predicted octanol–water partition coefficient (Wildman–Crippen LogP) is 0.685. The van der Waals surface area contributed by atoms with Gasteiger partial charge in [-0.2, -0.15) is 0 Å². The van der Waals surface area contributed by atoms with Crippen molar-refractivity contribution in [2.45, 2.75) is 90.8 Å². The Morgan fingerprint density at radius 3 is 1.83 bits per heavy atom. The van der Waals surface area contributed by atoms with E-state index in [1.807, 2.05) is 27.7 Å². The summed E-state index contributed by atoms with van der Waals surface area (Å²) >= 11 is 0. The maximum Gasteiger partial charge on any atom is 0.333 e. The van der Waals surface area contributed by atoms with Crippen molar-refractivity contribution in [3.05, 3.63) is 0 Å². The average molecular weight is 499 g/mol. The van der Waals surface area contributed by atoms with Crippen molar-refractivity contribution in [3.63, 3.8) is 0 Å². The van der Waals surface area contributed by atoms with Gasteiger partial charge >= 0.3 is 5.97 Å². The van der Waals surface area contributed by atoms with E-state index in [1.54, 1.807) is 13.8 Å². The van der Waals surface area contributed by atoms with Crippen molar-refractivity contribution < 1.29 is 34.4 Å². The smallest absolute Gasteiger partial charge is 0.333 e. The van der Waals surface area contributed by atoms with Gasteiger partial charge < -0.3 is 31.2 Å². The van der Waals surface area contributed by atoms with Gasteiger partial charge in [-0.25, -0.2) is 4.79 Å². The predicted molar refractivity (Wildman–Crippen MR) is 127 cm³/mol. The lowest BCUT2D eigenvalue weighted by Gasteiger charge is -2.32. The second-order valence-electron chi connectivity index (χ2n) is 9.55. The van der Waals surface area contributed by atoms with Crippen LogP contribution in [0.15, 0.2) is 10.3 Å². The SMILES string of the molecule is C/C(=N\O)C(C)(C)NCC(CNC(C)(C)/C(C)=N/O)NC(=O)CCCC(=O)ON1C(=O)CCC1=O. The minimum Gasteiger partial charge on any atom is -0.411 e. The van der Waals surface area contributed by atoms with Crippen LogP contribution in [0.25, 0.3) is 0 Å². The van der Waals surface area contributed by atoms with Gasteiger partial charge in [0, 0.05) is 38.8 Å². The molecule has 0 atom stereocenters. The van der Waals surface area contributed by atoms with E-state index < -0.39 is 34.9 Å².